The van der Waals surface area contributed by atoms with E-state index in [2.05, 4.69) is 10.6 Å². The first-order chi connectivity index (χ1) is 16.5. The van der Waals surface area contributed by atoms with Gasteiger partial charge in [-0.25, -0.2) is 4.79 Å². The van der Waals surface area contributed by atoms with Crippen molar-refractivity contribution in [3.05, 3.63) is 42.0 Å². The van der Waals surface area contributed by atoms with Crippen molar-refractivity contribution in [3.63, 3.8) is 0 Å². The van der Waals surface area contributed by atoms with Crippen LogP contribution in [-0.2, 0) is 19.1 Å². The van der Waals surface area contributed by atoms with Crippen LogP contribution in [0.2, 0.25) is 0 Å². The van der Waals surface area contributed by atoms with E-state index in [0.29, 0.717) is 17.1 Å². The summed E-state index contributed by atoms with van der Waals surface area (Å²) >= 11 is 0. The second kappa shape index (κ2) is 10.0. The van der Waals surface area contributed by atoms with Crippen molar-refractivity contribution in [1.82, 2.24) is 0 Å². The first kappa shape index (κ1) is 25.5. The van der Waals surface area contributed by atoms with E-state index in [4.69, 9.17) is 14.2 Å². The second-order valence-corrected chi connectivity index (χ2v) is 8.99. The summed E-state index contributed by atoms with van der Waals surface area (Å²) in [6.07, 6.45) is -1.22. The Hall–Kier alpha value is -4.08. The van der Waals surface area contributed by atoms with Gasteiger partial charge in [-0.05, 0) is 19.1 Å². The summed E-state index contributed by atoms with van der Waals surface area (Å²) in [4.78, 5) is 52.3. The number of ether oxygens (including phenoxy) is 3. The molecule has 0 saturated heterocycles. The van der Waals surface area contributed by atoms with Crippen LogP contribution in [0.1, 0.15) is 38.1 Å². The van der Waals surface area contributed by atoms with Crippen LogP contribution < -0.4 is 25.0 Å². The van der Waals surface area contributed by atoms with Crippen molar-refractivity contribution < 1.29 is 33.4 Å². The number of nitrogens with zero attached hydrogens (tertiary/aromatic N) is 1. The number of carbonyl (C=O) groups is 4. The van der Waals surface area contributed by atoms with Crippen molar-refractivity contribution in [2.24, 2.45) is 5.41 Å². The largest absolute Gasteiger partial charge is 0.493 e. The summed E-state index contributed by atoms with van der Waals surface area (Å²) in [5.74, 6) is -1.57. The lowest BCUT2D eigenvalue weighted by Crippen LogP contribution is -2.47. The Balaban J connectivity index is 1.89. The maximum absolute atomic E-state index is 13.2. The highest BCUT2D eigenvalue weighted by Gasteiger charge is 2.32. The maximum Gasteiger partial charge on any atom is 0.341 e. The molecule has 10 heteroatoms. The number of amides is 3. The molecule has 1 heterocycles. The Kier molecular flexibility index (Phi) is 7.33. The van der Waals surface area contributed by atoms with Gasteiger partial charge >= 0.3 is 5.97 Å². The average molecular weight is 484 g/mol. The van der Waals surface area contributed by atoms with E-state index < -0.39 is 23.4 Å². The van der Waals surface area contributed by atoms with Crippen LogP contribution in [0.5, 0.6) is 11.5 Å². The third-order valence-electron chi connectivity index (χ3n) is 5.34. The summed E-state index contributed by atoms with van der Waals surface area (Å²) in [6.45, 7) is 6.40. The fraction of sp³-hybridized carbons (Fsp3) is 0.360. The third-order valence-corrected chi connectivity index (χ3v) is 5.34. The van der Waals surface area contributed by atoms with Crippen LogP contribution in [0.25, 0.3) is 0 Å². The zero-order valence-corrected chi connectivity index (χ0v) is 20.6. The highest BCUT2D eigenvalue weighted by molar-refractivity contribution is 6.11. The van der Waals surface area contributed by atoms with Gasteiger partial charge in [-0.2, -0.15) is 0 Å². The molecule has 3 rings (SSSR count). The smallest absolute Gasteiger partial charge is 0.341 e. The Morgan fingerprint density at radius 1 is 1.06 bits per heavy atom. The molecule has 1 aliphatic heterocycles. The lowest BCUT2D eigenvalue weighted by atomic mass is 9.95. The van der Waals surface area contributed by atoms with Gasteiger partial charge in [0.2, 0.25) is 11.8 Å². The fourth-order valence-electron chi connectivity index (χ4n) is 3.38. The minimum absolute atomic E-state index is 0.0170. The van der Waals surface area contributed by atoms with E-state index in [1.165, 1.54) is 38.2 Å². The van der Waals surface area contributed by atoms with Crippen molar-refractivity contribution in [3.8, 4) is 11.5 Å². The van der Waals surface area contributed by atoms with Crippen LogP contribution in [0, 0.1) is 5.41 Å². The number of fused-ring (bicyclic) bond motifs is 1. The van der Waals surface area contributed by atoms with E-state index >= 15 is 0 Å². The number of rotatable bonds is 6. The molecule has 3 amide bonds. The topological polar surface area (TPSA) is 123 Å². The summed E-state index contributed by atoms with van der Waals surface area (Å²) in [5, 5.41) is 5.42. The Morgan fingerprint density at radius 2 is 1.69 bits per heavy atom. The Labute approximate surface area is 203 Å². The van der Waals surface area contributed by atoms with E-state index in [-0.39, 0.29) is 35.4 Å². The molecule has 0 aliphatic carbocycles. The zero-order chi connectivity index (χ0) is 25.9. The summed E-state index contributed by atoms with van der Waals surface area (Å²) in [5.41, 5.74) is 0.387. The standard InChI is InChI=1S/C25H29N3O7/c1-14(22(30)28-13-21(29)26-16-9-7-8-10-18(16)28)35-23(31)15-11-19(33-5)20(34-6)12-17(15)27-24(32)25(2,3)4/h7-12,14H,13H2,1-6H3,(H,26,29)(H,27,32)/t14-/m0/s1. The number of nitrogens with one attached hydrogen (secondary N) is 2. The molecule has 186 valence electrons. The number of benzene rings is 2. The molecule has 0 fully saturated rings. The van der Waals surface area contributed by atoms with Gasteiger partial charge in [0.1, 0.15) is 6.54 Å². The molecule has 1 aliphatic rings. The number of hydrogen-bond acceptors (Lipinski definition) is 7. The molecule has 1 atom stereocenters. The van der Waals surface area contributed by atoms with Gasteiger partial charge in [-0.15, -0.1) is 0 Å². The number of carbonyl (C=O) groups excluding carboxylic acids is 4. The first-order valence-electron chi connectivity index (χ1n) is 10.9. The van der Waals surface area contributed by atoms with Crippen molar-refractivity contribution in [2.75, 3.05) is 36.3 Å². The van der Waals surface area contributed by atoms with Gasteiger partial charge in [0.15, 0.2) is 17.6 Å². The second-order valence-electron chi connectivity index (χ2n) is 8.99. The highest BCUT2D eigenvalue weighted by Crippen LogP contribution is 2.35. The average Bonchev–Trinajstić information content (AvgIpc) is 2.81. The SMILES string of the molecule is COc1cc(NC(=O)C(C)(C)C)c(C(=O)O[C@@H](C)C(=O)N2CC(=O)Nc3ccccc32)cc1OC. The number of anilines is 3. The van der Waals surface area contributed by atoms with Gasteiger partial charge in [-0.3, -0.25) is 19.3 Å². The normalized spacial score (nSPS) is 13.8. The van der Waals surface area contributed by atoms with Gasteiger partial charge in [0.25, 0.3) is 5.91 Å². The van der Waals surface area contributed by atoms with E-state index in [9.17, 15) is 19.2 Å². The summed E-state index contributed by atoms with van der Waals surface area (Å²) in [7, 11) is 2.84. The number of hydrogen-bond donors (Lipinski definition) is 2. The Bertz CT molecular complexity index is 1170. The lowest BCUT2D eigenvalue weighted by Gasteiger charge is -2.30. The van der Waals surface area contributed by atoms with E-state index in [0.717, 1.165) is 0 Å². The predicted molar refractivity (Wildman–Crippen MR) is 130 cm³/mol. The number of para-hydroxylation sites is 2. The molecule has 0 spiro atoms. The van der Waals surface area contributed by atoms with Crippen LogP contribution in [0.4, 0.5) is 17.1 Å². The molecule has 0 radical (unpaired) electrons. The van der Waals surface area contributed by atoms with E-state index in [1.54, 1.807) is 45.0 Å². The highest BCUT2D eigenvalue weighted by atomic mass is 16.5. The number of methoxy groups -OCH3 is 2. The molecule has 0 unspecified atom stereocenters. The molecular formula is C25H29N3O7. The molecule has 2 N–H and O–H groups in total. The molecule has 0 saturated carbocycles. The van der Waals surface area contributed by atoms with Crippen LogP contribution in [0.15, 0.2) is 36.4 Å². The molecule has 10 nitrogen and oxygen atoms in total. The maximum atomic E-state index is 13.2. The third kappa shape index (κ3) is 5.53. The predicted octanol–water partition coefficient (Wildman–Crippen LogP) is 3.22. The number of esters is 1. The zero-order valence-electron chi connectivity index (χ0n) is 20.6. The molecular weight excluding hydrogens is 454 g/mol. The van der Waals surface area contributed by atoms with Crippen molar-refractivity contribution in [2.45, 2.75) is 33.8 Å². The van der Waals surface area contributed by atoms with Gasteiger partial charge in [0.05, 0.1) is 36.8 Å². The molecule has 2 aromatic rings. The van der Waals surface area contributed by atoms with Crippen LogP contribution >= 0.6 is 0 Å². The van der Waals surface area contributed by atoms with Crippen molar-refractivity contribution >= 4 is 40.8 Å². The first-order valence-corrected chi connectivity index (χ1v) is 10.9. The monoisotopic (exact) mass is 483 g/mol. The van der Waals surface area contributed by atoms with Gasteiger partial charge < -0.3 is 24.8 Å². The Morgan fingerprint density at radius 3 is 2.31 bits per heavy atom. The molecule has 35 heavy (non-hydrogen) atoms. The van der Waals surface area contributed by atoms with Crippen molar-refractivity contribution in [1.29, 1.82) is 0 Å². The fourth-order valence-corrected chi connectivity index (χ4v) is 3.38. The summed E-state index contributed by atoms with van der Waals surface area (Å²) in [6, 6.07) is 9.67. The van der Waals surface area contributed by atoms with E-state index in [1.807, 2.05) is 0 Å². The van der Waals surface area contributed by atoms with Gasteiger partial charge in [-0.1, -0.05) is 32.9 Å². The lowest BCUT2D eigenvalue weighted by molar-refractivity contribution is -0.128. The molecule has 2 aromatic carbocycles. The minimum atomic E-state index is -1.22. The summed E-state index contributed by atoms with van der Waals surface area (Å²) < 4.78 is 16.1. The van der Waals surface area contributed by atoms with Crippen LogP contribution in [-0.4, -0.2) is 50.6 Å². The molecule has 0 bridgehead atoms. The molecule has 0 aromatic heterocycles. The van der Waals surface area contributed by atoms with Gasteiger partial charge in [0, 0.05) is 17.5 Å². The quantitative estimate of drug-likeness (QED) is 0.605. The minimum Gasteiger partial charge on any atom is -0.493 e. The van der Waals surface area contributed by atoms with Crippen LogP contribution in [0.3, 0.4) is 0 Å².